The van der Waals surface area contributed by atoms with Crippen molar-refractivity contribution in [3.63, 3.8) is 0 Å². The van der Waals surface area contributed by atoms with Gasteiger partial charge in [0.05, 0.1) is 23.2 Å². The Labute approximate surface area is 224 Å². The first-order valence-corrected chi connectivity index (χ1v) is 16.2. The van der Waals surface area contributed by atoms with E-state index < -0.39 is 20.0 Å². The number of aliphatic hydroxyl groups is 1. The number of amides is 2. The number of hydrazone groups is 1. The third-order valence-corrected chi connectivity index (χ3v) is 10.6. The van der Waals surface area contributed by atoms with Crippen LogP contribution in [0.3, 0.4) is 0 Å². The van der Waals surface area contributed by atoms with Gasteiger partial charge in [-0.05, 0) is 43.3 Å². The molecule has 0 radical (unpaired) electrons. The van der Waals surface area contributed by atoms with Crippen molar-refractivity contribution in [2.24, 2.45) is 11.0 Å². The molecule has 2 N–H and O–H groups in total. The molecular weight excluding hydrogens is 498 g/mol. The molecule has 38 heavy (non-hydrogen) atoms. The first-order chi connectivity index (χ1) is 18.1. The molecule has 0 unspecified atom stereocenters. The molecule has 1 fully saturated rings. The third-order valence-electron chi connectivity index (χ3n) is 8.08. The summed E-state index contributed by atoms with van der Waals surface area (Å²) in [5.41, 5.74) is 2.11. The van der Waals surface area contributed by atoms with Gasteiger partial charge in [-0.15, -0.1) is 6.58 Å². The Balaban J connectivity index is 1.64. The van der Waals surface area contributed by atoms with Crippen LogP contribution >= 0.6 is 0 Å². The summed E-state index contributed by atoms with van der Waals surface area (Å²) in [6.45, 7) is 9.69. The topological polar surface area (TPSA) is 103 Å². The molecule has 3 aliphatic heterocycles. The van der Waals surface area contributed by atoms with Crippen LogP contribution < -0.4 is 9.91 Å². The van der Waals surface area contributed by atoms with Crippen LogP contribution in [0.4, 0.5) is 11.4 Å². The molecule has 3 heterocycles. The fraction of sp³-hybridized carbons (Fsp3) is 0.414. The van der Waals surface area contributed by atoms with Gasteiger partial charge in [-0.25, -0.2) is 5.01 Å². The summed E-state index contributed by atoms with van der Waals surface area (Å²) < 4.78 is 6.63. The van der Waals surface area contributed by atoms with E-state index in [-0.39, 0.29) is 29.9 Å². The van der Waals surface area contributed by atoms with Crippen LogP contribution in [0.1, 0.15) is 37.3 Å². The van der Waals surface area contributed by atoms with E-state index in [9.17, 15) is 19.5 Å². The lowest BCUT2D eigenvalue weighted by Crippen LogP contribution is -2.46. The maximum atomic E-state index is 14.1. The van der Waals surface area contributed by atoms with Crippen LogP contribution in [0, 0.1) is 5.92 Å². The zero-order chi connectivity index (χ0) is 27.2. The SMILES string of the molecule is C=CCN1C(=O)[C@@]2(O[C@@H](CCO)[C@H]([Si](C)(C)O)[C@H]2C)c2cc(N3N=C(c4ccccc4)CCC3=O)ccc21. The minimum atomic E-state index is -2.79. The predicted octanol–water partition coefficient (Wildman–Crippen LogP) is 3.93. The smallest absolute Gasteiger partial charge is 0.264 e. The van der Waals surface area contributed by atoms with E-state index >= 15 is 0 Å². The summed E-state index contributed by atoms with van der Waals surface area (Å²) in [4.78, 5) is 40.0. The highest BCUT2D eigenvalue weighted by atomic mass is 28.4. The molecule has 0 bridgehead atoms. The second kappa shape index (κ2) is 9.89. The van der Waals surface area contributed by atoms with Gasteiger partial charge in [-0.1, -0.05) is 43.3 Å². The average molecular weight is 534 g/mol. The number of nitrogens with zero attached hydrogens (tertiary/aromatic N) is 3. The highest BCUT2D eigenvalue weighted by molar-refractivity contribution is 6.71. The number of hydrogen-bond donors (Lipinski definition) is 2. The molecule has 3 aliphatic rings. The summed E-state index contributed by atoms with van der Waals surface area (Å²) in [5.74, 6) is -0.673. The van der Waals surface area contributed by atoms with Gasteiger partial charge < -0.3 is 19.5 Å². The van der Waals surface area contributed by atoms with Gasteiger partial charge in [-0.2, -0.15) is 5.10 Å². The number of carbonyl (C=O) groups excluding carboxylic acids is 2. The normalized spacial score (nSPS) is 27.2. The number of rotatable bonds is 7. The number of ether oxygens (including phenoxy) is 1. The van der Waals surface area contributed by atoms with E-state index in [2.05, 4.69) is 6.58 Å². The van der Waals surface area contributed by atoms with Gasteiger partial charge in [0.15, 0.2) is 13.9 Å². The zero-order valence-corrected chi connectivity index (χ0v) is 23.1. The van der Waals surface area contributed by atoms with Crippen LogP contribution in [0.15, 0.2) is 66.3 Å². The van der Waals surface area contributed by atoms with Crippen molar-refractivity contribution in [3.8, 4) is 0 Å². The second-order valence-corrected chi connectivity index (χ2v) is 14.9. The summed E-state index contributed by atoms with van der Waals surface area (Å²) in [6, 6.07) is 15.3. The fourth-order valence-electron chi connectivity index (χ4n) is 6.50. The van der Waals surface area contributed by atoms with E-state index in [4.69, 9.17) is 9.84 Å². The first kappa shape index (κ1) is 26.5. The first-order valence-electron chi connectivity index (χ1n) is 13.2. The molecule has 200 valence electrons. The van der Waals surface area contributed by atoms with Crippen molar-refractivity contribution in [1.82, 2.24) is 0 Å². The molecule has 2 aromatic carbocycles. The van der Waals surface area contributed by atoms with E-state index in [0.29, 0.717) is 42.7 Å². The van der Waals surface area contributed by atoms with Gasteiger partial charge in [-0.3, -0.25) is 9.59 Å². The maximum Gasteiger partial charge on any atom is 0.264 e. The van der Waals surface area contributed by atoms with Gasteiger partial charge in [0.1, 0.15) is 0 Å². The minimum Gasteiger partial charge on any atom is -0.432 e. The number of fused-ring (bicyclic) bond motifs is 2. The predicted molar refractivity (Wildman–Crippen MR) is 150 cm³/mol. The van der Waals surface area contributed by atoms with Crippen molar-refractivity contribution >= 4 is 37.2 Å². The van der Waals surface area contributed by atoms with E-state index in [1.807, 2.05) is 68.5 Å². The van der Waals surface area contributed by atoms with Crippen molar-refractivity contribution < 1.29 is 24.2 Å². The van der Waals surface area contributed by atoms with E-state index in [1.54, 1.807) is 11.0 Å². The number of benzene rings is 2. The molecule has 0 aromatic heterocycles. The third kappa shape index (κ3) is 4.14. The Morgan fingerprint density at radius 2 is 1.92 bits per heavy atom. The maximum absolute atomic E-state index is 14.1. The Hall–Kier alpha value is -3.11. The number of aliphatic hydroxyl groups excluding tert-OH is 1. The van der Waals surface area contributed by atoms with E-state index in [0.717, 1.165) is 11.3 Å². The minimum absolute atomic E-state index is 0.106. The van der Waals surface area contributed by atoms with Crippen LogP contribution in [-0.2, 0) is 19.9 Å². The molecule has 9 heteroatoms. The van der Waals surface area contributed by atoms with Crippen LogP contribution in [0.5, 0.6) is 0 Å². The second-order valence-electron chi connectivity index (χ2n) is 10.9. The molecule has 8 nitrogen and oxygen atoms in total. The molecule has 0 aliphatic carbocycles. The van der Waals surface area contributed by atoms with Gasteiger partial charge in [0.25, 0.3) is 5.91 Å². The molecule has 4 atom stereocenters. The molecule has 2 amide bonds. The van der Waals surface area contributed by atoms with Crippen LogP contribution in [0.2, 0.25) is 18.6 Å². The molecule has 0 saturated carbocycles. The quantitative estimate of drug-likeness (QED) is 0.415. The highest BCUT2D eigenvalue weighted by Crippen LogP contribution is 2.60. The van der Waals surface area contributed by atoms with Crippen molar-refractivity contribution in [2.75, 3.05) is 23.1 Å². The Morgan fingerprint density at radius 1 is 1.18 bits per heavy atom. The lowest BCUT2D eigenvalue weighted by atomic mass is 9.82. The number of anilines is 2. The van der Waals surface area contributed by atoms with Crippen molar-refractivity contribution in [1.29, 1.82) is 0 Å². The molecular formula is C29H35N3O5Si. The average Bonchev–Trinajstić information content (AvgIpc) is 3.32. The summed E-state index contributed by atoms with van der Waals surface area (Å²) >= 11 is 0. The molecule has 1 spiro atoms. The number of hydrogen-bond acceptors (Lipinski definition) is 6. The fourth-order valence-corrected chi connectivity index (χ4v) is 9.10. The van der Waals surface area contributed by atoms with Gasteiger partial charge in [0, 0.05) is 43.0 Å². The van der Waals surface area contributed by atoms with Crippen LogP contribution in [-0.4, -0.2) is 55.0 Å². The molecule has 2 aromatic rings. The summed E-state index contributed by atoms with van der Waals surface area (Å²) in [5, 5.41) is 15.9. The summed E-state index contributed by atoms with van der Waals surface area (Å²) in [6.07, 6.45) is 2.42. The Bertz CT molecular complexity index is 1290. The highest BCUT2D eigenvalue weighted by Gasteiger charge is 2.66. The molecule has 1 saturated heterocycles. The number of carbonyl (C=O) groups is 2. The monoisotopic (exact) mass is 533 g/mol. The molecule has 5 rings (SSSR count). The van der Waals surface area contributed by atoms with Gasteiger partial charge >= 0.3 is 0 Å². The summed E-state index contributed by atoms with van der Waals surface area (Å²) in [7, 11) is -2.79. The van der Waals surface area contributed by atoms with Crippen molar-refractivity contribution in [3.05, 3.63) is 72.3 Å². The lowest BCUT2D eigenvalue weighted by molar-refractivity contribution is -0.146. The lowest BCUT2D eigenvalue weighted by Gasteiger charge is -2.32. The Morgan fingerprint density at radius 3 is 2.58 bits per heavy atom. The standard InChI is InChI=1S/C29H35N3O5Si/c1-5-16-31-24-13-11-21(32-26(34)14-12-23(30-32)20-9-7-6-8-10-20)18-22(24)29(28(31)35)19(2)27(38(3,4)36)25(37-29)15-17-33/h5-11,13,18-19,25,27,33,36H,1,12,14-17H2,2-4H3/t19-,25+,27-,29+/m1/s1. The van der Waals surface area contributed by atoms with Gasteiger partial charge in [0.2, 0.25) is 5.91 Å². The van der Waals surface area contributed by atoms with Crippen LogP contribution in [0.25, 0.3) is 0 Å². The Kier molecular flexibility index (Phi) is 6.89. The van der Waals surface area contributed by atoms with E-state index in [1.165, 1.54) is 5.01 Å². The van der Waals surface area contributed by atoms with Crippen molar-refractivity contribution in [2.45, 2.75) is 56.5 Å². The largest absolute Gasteiger partial charge is 0.432 e. The zero-order valence-electron chi connectivity index (χ0n) is 22.1.